The van der Waals surface area contributed by atoms with Gasteiger partial charge in [0, 0.05) is 5.69 Å². The van der Waals surface area contributed by atoms with E-state index in [4.69, 9.17) is 11.6 Å². The topological polar surface area (TPSA) is 86.3 Å². The summed E-state index contributed by atoms with van der Waals surface area (Å²) in [4.78, 5) is 11.6. The van der Waals surface area contributed by atoms with Gasteiger partial charge >= 0.3 is 0 Å². The van der Waals surface area contributed by atoms with Crippen LogP contribution < -0.4 is 5.32 Å². The smallest absolute Gasteiger partial charge is 0.257 e. The zero-order valence-electron chi connectivity index (χ0n) is 10.0. The second-order valence-corrected chi connectivity index (χ2v) is 5.70. The van der Waals surface area contributed by atoms with Crippen LogP contribution in [0.4, 0.5) is 5.69 Å². The molecule has 0 radical (unpaired) electrons. The average Bonchev–Trinajstić information content (AvgIpc) is 2.38. The lowest BCUT2D eigenvalue weighted by molar-refractivity contribution is 0.102. The van der Waals surface area contributed by atoms with Crippen molar-refractivity contribution < 1.29 is 17.8 Å². The summed E-state index contributed by atoms with van der Waals surface area (Å²) in [5, 5.41) is 2.87. The molecule has 0 unspecified atom stereocenters. The number of hydrogen-bond donors (Lipinski definition) is 1. The zero-order chi connectivity index (χ0) is 14.8. The van der Waals surface area contributed by atoms with E-state index in [0.717, 1.165) is 12.1 Å². The molecule has 5 nitrogen and oxygen atoms in total. The molecule has 0 aromatic heterocycles. The number of nitrogens with one attached hydrogen (secondary N) is 1. The van der Waals surface area contributed by atoms with Gasteiger partial charge in [0.2, 0.25) is 0 Å². The third-order valence-electron chi connectivity index (χ3n) is 2.52. The molecule has 1 N–H and O–H groups in total. The highest BCUT2D eigenvalue weighted by Gasteiger charge is 2.10. The third-order valence-corrected chi connectivity index (χ3v) is 3.70. The minimum Gasteiger partial charge on any atom is -0.744 e. The Hall–Kier alpha value is -1.89. The summed E-state index contributed by atoms with van der Waals surface area (Å²) in [7, 11) is -4.49. The van der Waals surface area contributed by atoms with E-state index in [1.165, 1.54) is 12.1 Å². The van der Waals surface area contributed by atoms with Crippen molar-refractivity contribution in [3.63, 3.8) is 0 Å². The molecule has 7 heteroatoms. The molecule has 0 saturated carbocycles. The SMILES string of the molecule is O=C(Nc1ccc(S(=O)(=O)[O-])cc1)c1ccccc1Cl. The average molecular weight is 311 g/mol. The Bertz CT molecular complexity index is 741. The lowest BCUT2D eigenvalue weighted by Gasteiger charge is -2.09. The van der Waals surface area contributed by atoms with Crippen LogP contribution in [0.1, 0.15) is 10.4 Å². The summed E-state index contributed by atoms with van der Waals surface area (Å²) in [5.41, 5.74) is 0.664. The van der Waals surface area contributed by atoms with Crippen molar-refractivity contribution in [1.82, 2.24) is 0 Å². The zero-order valence-corrected chi connectivity index (χ0v) is 11.6. The number of carbonyl (C=O) groups is 1. The molecular formula is C13H9ClNO4S-. The summed E-state index contributed by atoms with van der Waals surface area (Å²) in [6, 6.07) is 11.5. The minimum absolute atomic E-state index is 0.301. The van der Waals surface area contributed by atoms with Gasteiger partial charge in [-0.15, -0.1) is 0 Å². The first kappa shape index (κ1) is 14.5. The Morgan fingerprint density at radius 1 is 1.05 bits per heavy atom. The molecule has 0 fully saturated rings. The van der Waals surface area contributed by atoms with E-state index in [1.807, 2.05) is 0 Å². The maximum Gasteiger partial charge on any atom is 0.257 e. The highest BCUT2D eigenvalue weighted by atomic mass is 35.5. The fourth-order valence-corrected chi connectivity index (χ4v) is 2.24. The number of benzene rings is 2. The van der Waals surface area contributed by atoms with Crippen LogP contribution in [0.5, 0.6) is 0 Å². The predicted octanol–water partition coefficient (Wildman–Crippen LogP) is 2.50. The van der Waals surface area contributed by atoms with E-state index >= 15 is 0 Å². The Balaban J connectivity index is 2.19. The molecule has 0 spiro atoms. The van der Waals surface area contributed by atoms with E-state index in [9.17, 15) is 17.8 Å². The molecule has 0 atom stereocenters. The molecule has 20 heavy (non-hydrogen) atoms. The molecule has 2 rings (SSSR count). The number of halogens is 1. The Kier molecular flexibility index (Phi) is 4.08. The van der Waals surface area contributed by atoms with Gasteiger partial charge in [-0.2, -0.15) is 0 Å². The van der Waals surface area contributed by atoms with Crippen LogP contribution in [0.3, 0.4) is 0 Å². The van der Waals surface area contributed by atoms with Crippen molar-refractivity contribution in [2.45, 2.75) is 4.90 Å². The minimum atomic E-state index is -4.49. The van der Waals surface area contributed by atoms with Gasteiger partial charge in [-0.25, -0.2) is 8.42 Å². The molecule has 1 amide bonds. The summed E-state index contributed by atoms with van der Waals surface area (Å²) in [6.45, 7) is 0. The highest BCUT2D eigenvalue weighted by molar-refractivity contribution is 7.85. The van der Waals surface area contributed by atoms with Crippen molar-refractivity contribution in [3.05, 3.63) is 59.1 Å². The van der Waals surface area contributed by atoms with Crippen molar-refractivity contribution in [1.29, 1.82) is 0 Å². The fourth-order valence-electron chi connectivity index (χ4n) is 1.55. The number of anilines is 1. The van der Waals surface area contributed by atoms with Gasteiger partial charge in [0.05, 0.1) is 15.5 Å². The molecule has 0 saturated heterocycles. The van der Waals surface area contributed by atoms with Crippen LogP contribution in [0, 0.1) is 0 Å². The maximum absolute atomic E-state index is 11.9. The van der Waals surface area contributed by atoms with Crippen LogP contribution >= 0.6 is 11.6 Å². The molecule has 2 aromatic carbocycles. The van der Waals surface area contributed by atoms with Crippen LogP contribution in [-0.4, -0.2) is 18.9 Å². The largest absolute Gasteiger partial charge is 0.744 e. The van der Waals surface area contributed by atoms with E-state index in [1.54, 1.807) is 24.3 Å². The van der Waals surface area contributed by atoms with Gasteiger partial charge in [-0.05, 0) is 36.4 Å². The second kappa shape index (κ2) is 5.62. The monoisotopic (exact) mass is 310 g/mol. The summed E-state index contributed by atoms with van der Waals surface area (Å²) >= 11 is 5.89. The second-order valence-electron chi connectivity index (χ2n) is 3.91. The van der Waals surface area contributed by atoms with Gasteiger partial charge in [0.15, 0.2) is 0 Å². The Morgan fingerprint density at radius 2 is 1.65 bits per heavy atom. The van der Waals surface area contributed by atoms with Crippen molar-refractivity contribution >= 4 is 33.3 Å². The van der Waals surface area contributed by atoms with Crippen LogP contribution in [0.2, 0.25) is 5.02 Å². The van der Waals surface area contributed by atoms with Crippen molar-refractivity contribution in [2.24, 2.45) is 0 Å². The van der Waals surface area contributed by atoms with Crippen LogP contribution in [0.25, 0.3) is 0 Å². The van der Waals surface area contributed by atoms with Gasteiger partial charge in [-0.3, -0.25) is 4.79 Å². The fraction of sp³-hybridized carbons (Fsp3) is 0. The van der Waals surface area contributed by atoms with E-state index in [-0.39, 0.29) is 4.90 Å². The first-order valence-electron chi connectivity index (χ1n) is 5.50. The highest BCUT2D eigenvalue weighted by Crippen LogP contribution is 2.18. The molecule has 2 aromatic rings. The first-order valence-corrected chi connectivity index (χ1v) is 7.28. The molecule has 104 valence electrons. The summed E-state index contributed by atoms with van der Waals surface area (Å²) in [6.07, 6.45) is 0. The maximum atomic E-state index is 11.9. The predicted molar refractivity (Wildman–Crippen MR) is 73.8 cm³/mol. The summed E-state index contributed by atoms with van der Waals surface area (Å²) in [5.74, 6) is -0.423. The van der Waals surface area contributed by atoms with Gasteiger partial charge in [0.25, 0.3) is 5.91 Å². The Labute approximate surface area is 120 Å². The normalized spacial score (nSPS) is 11.1. The van der Waals surface area contributed by atoms with Crippen LogP contribution in [0.15, 0.2) is 53.4 Å². The number of hydrogen-bond acceptors (Lipinski definition) is 4. The van der Waals surface area contributed by atoms with E-state index in [0.29, 0.717) is 16.3 Å². The molecule has 0 aliphatic carbocycles. The molecule has 0 aliphatic rings. The van der Waals surface area contributed by atoms with Gasteiger partial charge in [0.1, 0.15) is 10.1 Å². The lowest BCUT2D eigenvalue weighted by atomic mass is 10.2. The standard InChI is InChI=1S/C13H10ClNO4S/c14-12-4-2-1-3-11(12)13(16)15-9-5-7-10(8-6-9)20(17,18)19/h1-8H,(H,15,16)(H,17,18,19)/p-1. The molecule has 0 aliphatic heterocycles. The lowest BCUT2D eigenvalue weighted by Crippen LogP contribution is -2.12. The molecule has 0 heterocycles. The summed E-state index contributed by atoms with van der Waals surface area (Å²) < 4.78 is 32.3. The van der Waals surface area contributed by atoms with Crippen molar-refractivity contribution in [2.75, 3.05) is 5.32 Å². The first-order chi connectivity index (χ1) is 9.38. The third kappa shape index (κ3) is 3.36. The van der Waals surface area contributed by atoms with Crippen molar-refractivity contribution in [3.8, 4) is 0 Å². The Morgan fingerprint density at radius 3 is 2.20 bits per heavy atom. The van der Waals surface area contributed by atoms with Gasteiger partial charge in [-0.1, -0.05) is 23.7 Å². The number of carbonyl (C=O) groups excluding carboxylic acids is 1. The van der Waals surface area contributed by atoms with E-state index < -0.39 is 16.0 Å². The van der Waals surface area contributed by atoms with E-state index in [2.05, 4.69) is 5.32 Å². The number of rotatable bonds is 3. The van der Waals surface area contributed by atoms with Gasteiger partial charge < -0.3 is 9.87 Å². The molecule has 0 bridgehead atoms. The number of amides is 1. The van der Waals surface area contributed by atoms with Crippen LogP contribution in [-0.2, 0) is 10.1 Å². The quantitative estimate of drug-likeness (QED) is 0.882. The molecular weight excluding hydrogens is 302 g/mol.